The average Bonchev–Trinajstić information content (AvgIpc) is 2.76. The van der Waals surface area contributed by atoms with E-state index in [1.165, 1.54) is 38.3 Å². The standard InChI is InChI=1S/C22H24O9S/c1-14-9-11-17(12-10-14)32(25,26)31-19-18(29-15(2)23)13-28-22(27-3)20(19)30-21(24)16-7-5-4-6-8-16/h4-12,18-20,22H,13H2,1-3H3. The van der Waals surface area contributed by atoms with Gasteiger partial charge in [0, 0.05) is 14.0 Å². The van der Waals surface area contributed by atoms with Crippen LogP contribution in [0, 0.1) is 6.92 Å². The van der Waals surface area contributed by atoms with Gasteiger partial charge in [-0.1, -0.05) is 35.9 Å². The molecule has 0 spiro atoms. The van der Waals surface area contributed by atoms with Crippen LogP contribution in [0.15, 0.2) is 59.5 Å². The predicted octanol–water partition coefficient (Wildman–Crippen LogP) is 2.23. The maximum absolute atomic E-state index is 13.0. The number of ether oxygens (including phenoxy) is 4. The predicted molar refractivity (Wildman–Crippen MR) is 111 cm³/mol. The van der Waals surface area contributed by atoms with Gasteiger partial charge < -0.3 is 18.9 Å². The van der Waals surface area contributed by atoms with Crippen LogP contribution in [-0.4, -0.2) is 58.7 Å². The minimum Gasteiger partial charge on any atom is -0.457 e. The molecule has 0 bridgehead atoms. The van der Waals surface area contributed by atoms with Crippen LogP contribution >= 0.6 is 0 Å². The molecule has 0 aromatic heterocycles. The first kappa shape index (κ1) is 23.9. The summed E-state index contributed by atoms with van der Waals surface area (Å²) in [6.07, 6.45) is -5.05. The van der Waals surface area contributed by atoms with Gasteiger partial charge in [-0.05, 0) is 31.2 Å². The van der Waals surface area contributed by atoms with Crippen molar-refractivity contribution in [3.05, 3.63) is 65.7 Å². The second-order valence-corrected chi connectivity index (χ2v) is 8.72. The number of hydrogen-bond donors (Lipinski definition) is 0. The Labute approximate surface area is 186 Å². The Morgan fingerprint density at radius 2 is 1.62 bits per heavy atom. The first-order valence-electron chi connectivity index (χ1n) is 9.79. The van der Waals surface area contributed by atoms with Crippen molar-refractivity contribution in [1.82, 2.24) is 0 Å². The minimum absolute atomic E-state index is 0.0988. The van der Waals surface area contributed by atoms with E-state index in [2.05, 4.69) is 0 Å². The summed E-state index contributed by atoms with van der Waals surface area (Å²) in [5, 5.41) is 0. The summed E-state index contributed by atoms with van der Waals surface area (Å²) in [5.74, 6) is -1.42. The zero-order valence-electron chi connectivity index (χ0n) is 17.8. The molecule has 0 saturated carbocycles. The van der Waals surface area contributed by atoms with Gasteiger partial charge in [0.25, 0.3) is 10.1 Å². The number of carbonyl (C=O) groups is 2. The monoisotopic (exact) mass is 464 g/mol. The van der Waals surface area contributed by atoms with Gasteiger partial charge in [-0.25, -0.2) is 4.79 Å². The van der Waals surface area contributed by atoms with E-state index in [1.807, 2.05) is 6.92 Å². The molecule has 4 unspecified atom stereocenters. The van der Waals surface area contributed by atoms with Crippen LogP contribution in [0.3, 0.4) is 0 Å². The van der Waals surface area contributed by atoms with E-state index in [0.717, 1.165) is 5.56 Å². The summed E-state index contributed by atoms with van der Waals surface area (Å²) in [6.45, 7) is 2.76. The number of benzene rings is 2. The molecular formula is C22H24O9S. The van der Waals surface area contributed by atoms with Gasteiger partial charge in [0.05, 0.1) is 17.1 Å². The van der Waals surface area contributed by atoms with Crippen LogP contribution < -0.4 is 0 Å². The maximum atomic E-state index is 13.0. The van der Waals surface area contributed by atoms with Gasteiger partial charge in [0.1, 0.15) is 0 Å². The molecule has 2 aromatic rings. The third-order valence-electron chi connectivity index (χ3n) is 4.73. The average molecular weight is 464 g/mol. The first-order chi connectivity index (χ1) is 15.2. The lowest BCUT2D eigenvalue weighted by Gasteiger charge is -2.39. The number of esters is 2. The molecule has 3 rings (SSSR count). The van der Waals surface area contributed by atoms with Crippen molar-refractivity contribution in [2.75, 3.05) is 13.7 Å². The molecular weight excluding hydrogens is 440 g/mol. The zero-order valence-corrected chi connectivity index (χ0v) is 18.6. The number of carbonyl (C=O) groups excluding carboxylic acids is 2. The molecule has 2 aromatic carbocycles. The molecule has 0 amide bonds. The van der Waals surface area contributed by atoms with Crippen molar-refractivity contribution in [1.29, 1.82) is 0 Å². The molecule has 10 heteroatoms. The van der Waals surface area contributed by atoms with Gasteiger partial charge in [-0.15, -0.1) is 0 Å². The summed E-state index contributed by atoms with van der Waals surface area (Å²) in [5.41, 5.74) is 1.10. The Hall–Kier alpha value is -2.79. The Balaban J connectivity index is 1.94. The zero-order chi connectivity index (χ0) is 23.3. The summed E-state index contributed by atoms with van der Waals surface area (Å²) >= 11 is 0. The Kier molecular flexibility index (Phi) is 7.62. The van der Waals surface area contributed by atoms with E-state index in [4.69, 9.17) is 23.1 Å². The van der Waals surface area contributed by atoms with Crippen molar-refractivity contribution in [3.63, 3.8) is 0 Å². The number of rotatable bonds is 7. The molecule has 0 radical (unpaired) electrons. The van der Waals surface area contributed by atoms with E-state index < -0.39 is 46.7 Å². The van der Waals surface area contributed by atoms with E-state index >= 15 is 0 Å². The lowest BCUT2D eigenvalue weighted by molar-refractivity contribution is -0.259. The highest BCUT2D eigenvalue weighted by molar-refractivity contribution is 7.86. The van der Waals surface area contributed by atoms with E-state index in [9.17, 15) is 18.0 Å². The van der Waals surface area contributed by atoms with Crippen molar-refractivity contribution in [3.8, 4) is 0 Å². The van der Waals surface area contributed by atoms with Crippen LogP contribution in [0.1, 0.15) is 22.8 Å². The van der Waals surface area contributed by atoms with Crippen LogP contribution in [-0.2, 0) is 38.0 Å². The number of methoxy groups -OCH3 is 1. The Morgan fingerprint density at radius 1 is 0.969 bits per heavy atom. The lowest BCUT2D eigenvalue weighted by atomic mass is 10.0. The second-order valence-electron chi connectivity index (χ2n) is 7.15. The number of aryl methyl sites for hydroxylation is 1. The fourth-order valence-electron chi connectivity index (χ4n) is 3.17. The molecule has 32 heavy (non-hydrogen) atoms. The second kappa shape index (κ2) is 10.2. The lowest BCUT2D eigenvalue weighted by Crippen LogP contribution is -2.58. The first-order valence-corrected chi connectivity index (χ1v) is 11.2. The topological polar surface area (TPSA) is 114 Å². The molecule has 1 fully saturated rings. The fraction of sp³-hybridized carbons (Fsp3) is 0.364. The molecule has 0 aliphatic carbocycles. The fourth-order valence-corrected chi connectivity index (χ4v) is 4.28. The summed E-state index contributed by atoms with van der Waals surface area (Å²) in [4.78, 5) is 24.2. The highest BCUT2D eigenvalue weighted by atomic mass is 32.2. The van der Waals surface area contributed by atoms with Gasteiger partial charge in [0.15, 0.2) is 24.6 Å². The van der Waals surface area contributed by atoms with Crippen LogP contribution in [0.25, 0.3) is 0 Å². The molecule has 1 aliphatic heterocycles. The summed E-state index contributed by atoms with van der Waals surface area (Å²) in [6, 6.07) is 14.1. The van der Waals surface area contributed by atoms with Gasteiger partial charge in [-0.2, -0.15) is 8.42 Å². The third-order valence-corrected chi connectivity index (χ3v) is 6.06. The van der Waals surface area contributed by atoms with Gasteiger partial charge in [-0.3, -0.25) is 8.98 Å². The van der Waals surface area contributed by atoms with E-state index in [0.29, 0.717) is 0 Å². The van der Waals surface area contributed by atoms with E-state index in [-0.39, 0.29) is 17.1 Å². The maximum Gasteiger partial charge on any atom is 0.338 e. The molecule has 0 N–H and O–H groups in total. The van der Waals surface area contributed by atoms with Crippen LogP contribution in [0.4, 0.5) is 0 Å². The minimum atomic E-state index is -4.30. The van der Waals surface area contributed by atoms with Crippen molar-refractivity contribution in [2.24, 2.45) is 0 Å². The van der Waals surface area contributed by atoms with E-state index in [1.54, 1.807) is 30.3 Å². The molecule has 172 valence electrons. The molecule has 4 atom stereocenters. The van der Waals surface area contributed by atoms with Crippen molar-refractivity contribution < 1.29 is 41.1 Å². The van der Waals surface area contributed by atoms with Crippen molar-refractivity contribution >= 4 is 22.1 Å². The van der Waals surface area contributed by atoms with Crippen LogP contribution in [0.5, 0.6) is 0 Å². The molecule has 1 heterocycles. The largest absolute Gasteiger partial charge is 0.457 e. The third kappa shape index (κ3) is 5.71. The summed E-state index contributed by atoms with van der Waals surface area (Å²) < 4.78 is 52.9. The Morgan fingerprint density at radius 3 is 2.22 bits per heavy atom. The summed E-state index contributed by atoms with van der Waals surface area (Å²) in [7, 11) is -2.99. The smallest absolute Gasteiger partial charge is 0.338 e. The molecule has 1 saturated heterocycles. The molecule has 1 aliphatic rings. The normalized spacial score (nSPS) is 23.3. The SMILES string of the molecule is COC1OCC(OC(C)=O)C(OS(=O)(=O)c2ccc(C)cc2)C1OC(=O)c1ccccc1. The van der Waals surface area contributed by atoms with Crippen molar-refractivity contribution in [2.45, 2.75) is 43.3 Å². The van der Waals surface area contributed by atoms with Gasteiger partial charge in [0.2, 0.25) is 0 Å². The van der Waals surface area contributed by atoms with Crippen LogP contribution in [0.2, 0.25) is 0 Å². The highest BCUT2D eigenvalue weighted by Gasteiger charge is 2.48. The highest BCUT2D eigenvalue weighted by Crippen LogP contribution is 2.28. The number of hydrogen-bond acceptors (Lipinski definition) is 9. The van der Waals surface area contributed by atoms with Gasteiger partial charge >= 0.3 is 11.9 Å². The Bertz CT molecular complexity index is 1030. The quantitative estimate of drug-likeness (QED) is 0.449. The molecule has 9 nitrogen and oxygen atoms in total.